The number of nitrogens with one attached hydrogen (secondary N) is 1. The van der Waals surface area contributed by atoms with Crippen molar-refractivity contribution in [3.63, 3.8) is 0 Å². The normalized spacial score (nSPS) is 13.2. The van der Waals surface area contributed by atoms with E-state index in [9.17, 15) is 13.5 Å². The van der Waals surface area contributed by atoms with Crippen molar-refractivity contribution >= 4 is 10.0 Å². The van der Waals surface area contributed by atoms with Gasteiger partial charge in [0.2, 0.25) is 10.0 Å². The fraction of sp³-hybridized carbons (Fsp3) is 0.375. The molecule has 0 radical (unpaired) electrons. The van der Waals surface area contributed by atoms with Gasteiger partial charge in [0.25, 0.3) is 0 Å². The third-order valence-corrected chi connectivity index (χ3v) is 4.77. The van der Waals surface area contributed by atoms with E-state index in [-0.39, 0.29) is 11.4 Å². The summed E-state index contributed by atoms with van der Waals surface area (Å²) in [6.07, 6.45) is 0.923. The van der Waals surface area contributed by atoms with Crippen LogP contribution < -0.4 is 4.72 Å². The minimum Gasteiger partial charge on any atom is -0.464 e. The summed E-state index contributed by atoms with van der Waals surface area (Å²) in [5.41, 5.74) is 1.10. The third-order valence-electron chi connectivity index (χ3n) is 3.33. The molecule has 1 aromatic carbocycles. The van der Waals surface area contributed by atoms with E-state index in [1.54, 1.807) is 31.2 Å². The van der Waals surface area contributed by atoms with Gasteiger partial charge in [0, 0.05) is 6.54 Å². The number of benzene rings is 1. The predicted octanol–water partition coefficient (Wildman–Crippen LogP) is 2.55. The van der Waals surface area contributed by atoms with E-state index in [0.29, 0.717) is 11.5 Å². The largest absolute Gasteiger partial charge is 0.464 e. The van der Waals surface area contributed by atoms with Gasteiger partial charge in [-0.15, -0.1) is 0 Å². The fourth-order valence-electron chi connectivity index (χ4n) is 2.13. The summed E-state index contributed by atoms with van der Waals surface area (Å²) >= 11 is 0. The van der Waals surface area contributed by atoms with Crippen LogP contribution in [0.25, 0.3) is 0 Å². The van der Waals surface area contributed by atoms with Crippen molar-refractivity contribution in [1.82, 2.24) is 4.72 Å². The van der Waals surface area contributed by atoms with Crippen LogP contribution in [0.15, 0.2) is 45.7 Å². The predicted molar refractivity (Wildman–Crippen MR) is 84.0 cm³/mol. The zero-order valence-electron chi connectivity index (χ0n) is 12.7. The van der Waals surface area contributed by atoms with Crippen molar-refractivity contribution in [2.24, 2.45) is 0 Å². The van der Waals surface area contributed by atoms with Gasteiger partial charge in [-0.25, -0.2) is 13.1 Å². The van der Waals surface area contributed by atoms with Crippen molar-refractivity contribution in [3.8, 4) is 0 Å². The molecular formula is C16H21NO4S. The zero-order chi connectivity index (χ0) is 16.2. The summed E-state index contributed by atoms with van der Waals surface area (Å²) < 4.78 is 32.0. The number of hydrogen-bond acceptors (Lipinski definition) is 4. The monoisotopic (exact) mass is 323 g/mol. The summed E-state index contributed by atoms with van der Waals surface area (Å²) in [5, 5.41) is 9.94. The number of rotatable bonds is 7. The molecule has 0 saturated heterocycles. The Morgan fingerprint density at radius 3 is 2.41 bits per heavy atom. The van der Waals surface area contributed by atoms with Gasteiger partial charge in [-0.1, -0.05) is 25.5 Å². The first-order valence-corrected chi connectivity index (χ1v) is 8.73. The molecule has 1 aromatic heterocycles. The molecule has 0 saturated carbocycles. The van der Waals surface area contributed by atoms with Crippen LogP contribution in [0.5, 0.6) is 0 Å². The molecule has 0 fully saturated rings. The maximum Gasteiger partial charge on any atom is 0.240 e. The first-order valence-electron chi connectivity index (χ1n) is 7.25. The third kappa shape index (κ3) is 4.19. The molecule has 0 aliphatic heterocycles. The van der Waals surface area contributed by atoms with Crippen LogP contribution in [0.3, 0.4) is 0 Å². The Bertz CT molecular complexity index is 704. The van der Waals surface area contributed by atoms with Crippen LogP contribution in [-0.2, 0) is 16.4 Å². The molecule has 1 heterocycles. The fourth-order valence-corrected chi connectivity index (χ4v) is 3.17. The lowest BCUT2D eigenvalue weighted by atomic mass is 10.1. The Morgan fingerprint density at radius 1 is 1.18 bits per heavy atom. The van der Waals surface area contributed by atoms with E-state index < -0.39 is 16.1 Å². The van der Waals surface area contributed by atoms with Crippen LogP contribution in [0.4, 0.5) is 0 Å². The van der Waals surface area contributed by atoms with Crippen LogP contribution in [0.2, 0.25) is 0 Å². The quantitative estimate of drug-likeness (QED) is 0.820. The first kappa shape index (κ1) is 16.7. The molecule has 2 rings (SSSR count). The lowest BCUT2D eigenvalue weighted by Gasteiger charge is -2.11. The Hall–Kier alpha value is -1.63. The molecule has 0 aliphatic rings. The summed E-state index contributed by atoms with van der Waals surface area (Å²) in [4.78, 5) is 0.190. The second-order valence-corrected chi connectivity index (χ2v) is 6.98. The van der Waals surface area contributed by atoms with Gasteiger partial charge in [0.1, 0.15) is 17.6 Å². The Balaban J connectivity index is 2.01. The summed E-state index contributed by atoms with van der Waals surface area (Å²) in [7, 11) is -3.64. The smallest absolute Gasteiger partial charge is 0.240 e. The number of aliphatic hydroxyl groups is 1. The second-order valence-electron chi connectivity index (χ2n) is 5.21. The minimum absolute atomic E-state index is 0.133. The Kier molecular flexibility index (Phi) is 5.39. The van der Waals surface area contributed by atoms with E-state index >= 15 is 0 Å². The summed E-state index contributed by atoms with van der Waals surface area (Å²) in [5.74, 6) is 1.02. The second kappa shape index (κ2) is 7.09. The highest BCUT2D eigenvalue weighted by Gasteiger charge is 2.18. The van der Waals surface area contributed by atoms with Gasteiger partial charge in [-0.05, 0) is 43.2 Å². The van der Waals surface area contributed by atoms with Gasteiger partial charge >= 0.3 is 0 Å². The number of aliphatic hydroxyl groups excluding tert-OH is 1. The molecule has 0 bridgehead atoms. The van der Waals surface area contributed by atoms with E-state index in [4.69, 9.17) is 4.42 Å². The molecule has 1 atom stereocenters. The van der Waals surface area contributed by atoms with Crippen molar-refractivity contribution in [3.05, 3.63) is 53.5 Å². The number of aryl methyl sites for hydroxylation is 2. The molecular weight excluding hydrogens is 302 g/mol. The van der Waals surface area contributed by atoms with E-state index in [0.717, 1.165) is 18.4 Å². The van der Waals surface area contributed by atoms with Gasteiger partial charge in [-0.2, -0.15) is 0 Å². The lowest BCUT2D eigenvalue weighted by molar-refractivity contribution is 0.152. The Morgan fingerprint density at radius 2 is 1.86 bits per heavy atom. The molecule has 120 valence electrons. The molecule has 0 amide bonds. The molecule has 2 aromatic rings. The van der Waals surface area contributed by atoms with Crippen molar-refractivity contribution in [2.45, 2.75) is 37.7 Å². The average Bonchev–Trinajstić information content (AvgIpc) is 2.92. The van der Waals surface area contributed by atoms with E-state index in [1.807, 2.05) is 12.1 Å². The molecule has 0 spiro atoms. The Labute approximate surface area is 131 Å². The maximum atomic E-state index is 12.2. The molecule has 0 aliphatic carbocycles. The lowest BCUT2D eigenvalue weighted by Crippen LogP contribution is -2.28. The van der Waals surface area contributed by atoms with Gasteiger partial charge < -0.3 is 9.52 Å². The van der Waals surface area contributed by atoms with Crippen LogP contribution >= 0.6 is 0 Å². The zero-order valence-corrected chi connectivity index (χ0v) is 13.6. The average molecular weight is 323 g/mol. The molecule has 22 heavy (non-hydrogen) atoms. The van der Waals surface area contributed by atoms with Crippen molar-refractivity contribution < 1.29 is 17.9 Å². The van der Waals surface area contributed by atoms with Crippen LogP contribution in [0, 0.1) is 6.92 Å². The number of furan rings is 1. The summed E-state index contributed by atoms with van der Waals surface area (Å²) in [6, 6.07) is 10.1. The maximum absolute atomic E-state index is 12.2. The SMILES string of the molecule is CCCc1ccc(S(=O)(=O)NCC(O)c2ccc(C)o2)cc1. The van der Waals surface area contributed by atoms with Gasteiger partial charge in [0.15, 0.2) is 0 Å². The highest BCUT2D eigenvalue weighted by molar-refractivity contribution is 7.89. The van der Waals surface area contributed by atoms with E-state index in [1.165, 1.54) is 0 Å². The van der Waals surface area contributed by atoms with E-state index in [2.05, 4.69) is 11.6 Å². The van der Waals surface area contributed by atoms with Gasteiger partial charge in [0.05, 0.1) is 4.90 Å². The molecule has 6 heteroatoms. The minimum atomic E-state index is -3.64. The standard InChI is InChI=1S/C16H21NO4S/c1-3-4-13-6-8-14(9-7-13)22(19,20)17-11-15(18)16-10-5-12(2)21-16/h5-10,15,17-18H,3-4,11H2,1-2H3. The number of sulfonamides is 1. The highest BCUT2D eigenvalue weighted by atomic mass is 32.2. The molecule has 5 nitrogen and oxygen atoms in total. The van der Waals surface area contributed by atoms with Crippen molar-refractivity contribution in [2.75, 3.05) is 6.54 Å². The molecule has 1 unspecified atom stereocenters. The summed E-state index contributed by atoms with van der Waals surface area (Å²) in [6.45, 7) is 3.70. The highest BCUT2D eigenvalue weighted by Crippen LogP contribution is 2.17. The van der Waals surface area contributed by atoms with Crippen LogP contribution in [0.1, 0.15) is 36.5 Å². The first-order chi connectivity index (χ1) is 10.4. The van der Waals surface area contributed by atoms with Crippen LogP contribution in [-0.4, -0.2) is 20.1 Å². The number of hydrogen-bond donors (Lipinski definition) is 2. The van der Waals surface area contributed by atoms with Gasteiger partial charge in [-0.3, -0.25) is 0 Å². The van der Waals surface area contributed by atoms with Crippen molar-refractivity contribution in [1.29, 1.82) is 0 Å². The topological polar surface area (TPSA) is 79.5 Å². The molecule has 2 N–H and O–H groups in total.